The van der Waals surface area contributed by atoms with Crippen LogP contribution < -0.4 is 4.74 Å². The summed E-state index contributed by atoms with van der Waals surface area (Å²) in [4.78, 5) is 11.2. The minimum absolute atomic E-state index is 0.0614. The van der Waals surface area contributed by atoms with E-state index in [0.29, 0.717) is 24.2 Å². The molecule has 1 atom stereocenters. The van der Waals surface area contributed by atoms with E-state index in [-0.39, 0.29) is 12.8 Å². The van der Waals surface area contributed by atoms with Gasteiger partial charge >= 0.3 is 5.97 Å². The Hall–Kier alpha value is -1.65. The molecule has 1 aliphatic carbocycles. The van der Waals surface area contributed by atoms with Gasteiger partial charge in [-0.15, -0.1) is 0 Å². The summed E-state index contributed by atoms with van der Waals surface area (Å²) in [5.41, 5.74) is 0.406. The maximum atomic E-state index is 13.2. The van der Waals surface area contributed by atoms with Crippen LogP contribution in [0, 0.1) is 0 Å². The fraction of sp³-hybridized carbons (Fsp3) is 0.500. The lowest BCUT2D eigenvalue weighted by molar-refractivity contribution is -0.0695. The first-order chi connectivity index (χ1) is 9.00. The van der Waals surface area contributed by atoms with Gasteiger partial charge in [-0.05, 0) is 37.1 Å². The highest BCUT2D eigenvalue weighted by atomic mass is 19.3. The summed E-state index contributed by atoms with van der Waals surface area (Å²) in [5.74, 6) is -2.57. The summed E-state index contributed by atoms with van der Waals surface area (Å²) >= 11 is 0. The lowest BCUT2D eigenvalue weighted by Crippen LogP contribution is -2.32. The van der Waals surface area contributed by atoms with Crippen molar-refractivity contribution in [1.82, 2.24) is 0 Å². The summed E-state index contributed by atoms with van der Waals surface area (Å²) in [6.07, 6.45) is 0.333. The summed E-state index contributed by atoms with van der Waals surface area (Å²) in [5, 5.41) is 0. The first-order valence-corrected chi connectivity index (χ1v) is 6.23. The van der Waals surface area contributed by atoms with E-state index >= 15 is 0 Å². The Balaban J connectivity index is 1.98. The molecule has 1 aromatic carbocycles. The Morgan fingerprint density at radius 1 is 1.32 bits per heavy atom. The quantitative estimate of drug-likeness (QED) is 0.789. The number of halogens is 2. The van der Waals surface area contributed by atoms with Crippen LogP contribution in [0.2, 0.25) is 0 Å². The van der Waals surface area contributed by atoms with Crippen LogP contribution >= 0.6 is 0 Å². The summed E-state index contributed by atoms with van der Waals surface area (Å²) in [6.45, 7) is 0. The summed E-state index contributed by atoms with van der Waals surface area (Å²) in [7, 11) is 1.30. The normalized spacial score (nSPS) is 21.7. The number of hydrogen-bond donors (Lipinski definition) is 0. The smallest absolute Gasteiger partial charge is 0.337 e. The van der Waals surface area contributed by atoms with Crippen molar-refractivity contribution in [3.63, 3.8) is 0 Å². The second-order valence-corrected chi connectivity index (χ2v) is 4.71. The van der Waals surface area contributed by atoms with E-state index in [2.05, 4.69) is 4.74 Å². The second kappa shape index (κ2) is 5.55. The molecule has 0 aromatic heterocycles. The number of rotatable bonds is 3. The monoisotopic (exact) mass is 270 g/mol. The average molecular weight is 270 g/mol. The van der Waals surface area contributed by atoms with Gasteiger partial charge in [-0.25, -0.2) is 13.6 Å². The third-order valence-electron chi connectivity index (χ3n) is 3.17. The van der Waals surface area contributed by atoms with Crippen LogP contribution in [-0.4, -0.2) is 25.1 Å². The number of esters is 1. The van der Waals surface area contributed by atoms with Crippen molar-refractivity contribution in [1.29, 1.82) is 0 Å². The van der Waals surface area contributed by atoms with Crippen LogP contribution in [0.15, 0.2) is 24.3 Å². The van der Waals surface area contributed by atoms with E-state index in [1.165, 1.54) is 7.11 Å². The minimum Gasteiger partial charge on any atom is -0.490 e. The number of alkyl halides is 2. The molecule has 0 bridgehead atoms. The van der Waals surface area contributed by atoms with Crippen LogP contribution in [0.5, 0.6) is 5.75 Å². The lowest BCUT2D eigenvalue weighted by Gasteiger charge is -2.29. The van der Waals surface area contributed by atoms with Gasteiger partial charge in [-0.2, -0.15) is 0 Å². The number of carbonyl (C=O) groups excluding carboxylic acids is 1. The molecule has 0 heterocycles. The Morgan fingerprint density at radius 3 is 2.58 bits per heavy atom. The van der Waals surface area contributed by atoms with E-state index in [9.17, 15) is 13.6 Å². The number of carbonyl (C=O) groups is 1. The van der Waals surface area contributed by atoms with Crippen molar-refractivity contribution < 1.29 is 23.0 Å². The Kier molecular flexibility index (Phi) is 4.02. The van der Waals surface area contributed by atoms with Gasteiger partial charge in [0.25, 0.3) is 5.92 Å². The van der Waals surface area contributed by atoms with Crippen molar-refractivity contribution in [3.8, 4) is 5.75 Å². The van der Waals surface area contributed by atoms with E-state index in [0.717, 1.165) is 0 Å². The molecule has 2 rings (SSSR count). The van der Waals surface area contributed by atoms with Gasteiger partial charge in [0.1, 0.15) is 11.9 Å². The highest BCUT2D eigenvalue weighted by Gasteiger charge is 2.37. The van der Waals surface area contributed by atoms with E-state index < -0.39 is 18.0 Å². The highest BCUT2D eigenvalue weighted by Crippen LogP contribution is 2.35. The largest absolute Gasteiger partial charge is 0.490 e. The second-order valence-electron chi connectivity index (χ2n) is 4.71. The van der Waals surface area contributed by atoms with E-state index in [1.54, 1.807) is 24.3 Å². The third kappa shape index (κ3) is 3.66. The Labute approximate surface area is 110 Å². The molecule has 0 N–H and O–H groups in total. The summed E-state index contributed by atoms with van der Waals surface area (Å²) < 4.78 is 36.6. The Morgan fingerprint density at radius 2 is 2.00 bits per heavy atom. The maximum absolute atomic E-state index is 13.2. The van der Waals surface area contributed by atoms with Crippen molar-refractivity contribution in [2.75, 3.05) is 7.11 Å². The van der Waals surface area contributed by atoms with Crippen LogP contribution in [0.3, 0.4) is 0 Å². The SMILES string of the molecule is COC(=O)c1ccc(OC2CCCC(F)(F)C2)cc1. The number of benzene rings is 1. The molecule has 19 heavy (non-hydrogen) atoms. The molecular weight excluding hydrogens is 254 g/mol. The van der Waals surface area contributed by atoms with Gasteiger partial charge in [0.15, 0.2) is 0 Å². The zero-order valence-corrected chi connectivity index (χ0v) is 10.7. The summed E-state index contributed by atoms with van der Waals surface area (Å²) in [6, 6.07) is 6.31. The molecule has 0 radical (unpaired) electrons. The number of ether oxygens (including phenoxy) is 2. The zero-order valence-electron chi connectivity index (χ0n) is 10.7. The fourth-order valence-corrected chi connectivity index (χ4v) is 2.21. The fourth-order valence-electron chi connectivity index (χ4n) is 2.21. The van der Waals surface area contributed by atoms with Crippen LogP contribution in [0.4, 0.5) is 8.78 Å². The van der Waals surface area contributed by atoms with Crippen LogP contribution in [-0.2, 0) is 4.74 Å². The standard InChI is InChI=1S/C14H16F2O3/c1-18-13(17)10-4-6-11(7-5-10)19-12-3-2-8-14(15,16)9-12/h4-7,12H,2-3,8-9H2,1H3. The lowest BCUT2D eigenvalue weighted by atomic mass is 9.94. The van der Waals surface area contributed by atoms with Gasteiger partial charge in [0.2, 0.25) is 0 Å². The molecule has 1 fully saturated rings. The molecule has 5 heteroatoms. The molecule has 1 aromatic rings. The van der Waals surface area contributed by atoms with Crippen molar-refractivity contribution in [2.45, 2.75) is 37.7 Å². The van der Waals surface area contributed by atoms with Crippen LogP contribution in [0.1, 0.15) is 36.0 Å². The van der Waals surface area contributed by atoms with Crippen molar-refractivity contribution >= 4 is 5.97 Å². The van der Waals surface area contributed by atoms with Gasteiger partial charge in [-0.1, -0.05) is 0 Å². The maximum Gasteiger partial charge on any atom is 0.337 e. The van der Waals surface area contributed by atoms with E-state index in [4.69, 9.17) is 4.74 Å². The number of hydrogen-bond acceptors (Lipinski definition) is 3. The predicted octanol–water partition coefficient (Wildman–Crippen LogP) is 3.43. The molecular formula is C14H16F2O3. The molecule has 1 aliphatic rings. The zero-order chi connectivity index (χ0) is 13.9. The predicted molar refractivity (Wildman–Crippen MR) is 65.6 cm³/mol. The minimum atomic E-state index is -2.63. The molecule has 0 aliphatic heterocycles. The van der Waals surface area contributed by atoms with Crippen molar-refractivity contribution in [3.05, 3.63) is 29.8 Å². The third-order valence-corrected chi connectivity index (χ3v) is 3.17. The average Bonchev–Trinajstić information content (AvgIpc) is 2.37. The van der Waals surface area contributed by atoms with Gasteiger partial charge in [0.05, 0.1) is 12.7 Å². The van der Waals surface area contributed by atoms with Crippen LogP contribution in [0.25, 0.3) is 0 Å². The molecule has 1 unspecified atom stereocenters. The first kappa shape index (κ1) is 13.8. The molecule has 0 amide bonds. The molecule has 0 spiro atoms. The molecule has 104 valence electrons. The van der Waals surface area contributed by atoms with Crippen molar-refractivity contribution in [2.24, 2.45) is 0 Å². The van der Waals surface area contributed by atoms with Gasteiger partial charge in [-0.3, -0.25) is 0 Å². The first-order valence-electron chi connectivity index (χ1n) is 6.23. The molecule has 1 saturated carbocycles. The Bertz CT molecular complexity index is 443. The highest BCUT2D eigenvalue weighted by molar-refractivity contribution is 5.89. The topological polar surface area (TPSA) is 35.5 Å². The molecule has 3 nitrogen and oxygen atoms in total. The van der Waals surface area contributed by atoms with Gasteiger partial charge in [0, 0.05) is 12.8 Å². The molecule has 0 saturated heterocycles. The number of methoxy groups -OCH3 is 1. The van der Waals surface area contributed by atoms with E-state index in [1.807, 2.05) is 0 Å². The van der Waals surface area contributed by atoms with Gasteiger partial charge < -0.3 is 9.47 Å².